The summed E-state index contributed by atoms with van der Waals surface area (Å²) in [5.41, 5.74) is 10.5. The van der Waals surface area contributed by atoms with Crippen LogP contribution in [-0.4, -0.2) is 35.0 Å². The number of fused-ring (bicyclic) bond motifs is 1. The molecule has 0 saturated heterocycles. The minimum atomic E-state index is -0.475. The van der Waals surface area contributed by atoms with Crippen molar-refractivity contribution < 1.29 is 9.18 Å². The minimum Gasteiger partial charge on any atom is -0.326 e. The normalized spacial score (nSPS) is 12.6. The molecule has 4 rings (SSSR count). The lowest BCUT2D eigenvalue weighted by atomic mass is 9.95. The Kier molecular flexibility index (Phi) is 5.54. The highest BCUT2D eigenvalue weighted by molar-refractivity contribution is 6.11. The van der Waals surface area contributed by atoms with Gasteiger partial charge >= 0.3 is 0 Å². The fraction of sp³-hybridized carbons (Fsp3) is 0.167. The Bertz CT molecular complexity index is 1260. The number of aryl methyl sites for hydroxylation is 1. The van der Waals surface area contributed by atoms with Crippen molar-refractivity contribution >= 4 is 23.9 Å². The second-order valence-corrected chi connectivity index (χ2v) is 7.72. The lowest BCUT2D eigenvalue weighted by molar-refractivity contribution is 0.0996. The van der Waals surface area contributed by atoms with Gasteiger partial charge in [0.15, 0.2) is 0 Å². The number of carbonyl (C=O) groups is 1. The van der Waals surface area contributed by atoms with Gasteiger partial charge in [-0.3, -0.25) is 20.5 Å². The molecule has 162 valence electrons. The summed E-state index contributed by atoms with van der Waals surface area (Å²) in [6, 6.07) is 13.4. The molecule has 1 aromatic heterocycles. The number of nitrogens with zero attached hydrogens (tertiary/aromatic N) is 3. The molecular weight excluding hydrogens is 407 g/mol. The number of benzene rings is 2. The van der Waals surface area contributed by atoms with Crippen molar-refractivity contribution in [2.24, 2.45) is 5.73 Å². The van der Waals surface area contributed by atoms with Gasteiger partial charge in [-0.2, -0.15) is 0 Å². The highest BCUT2D eigenvalue weighted by atomic mass is 19.1. The predicted molar refractivity (Wildman–Crippen MR) is 123 cm³/mol. The van der Waals surface area contributed by atoms with Crippen molar-refractivity contribution in [3.8, 4) is 11.1 Å². The fourth-order valence-corrected chi connectivity index (χ4v) is 3.85. The molecule has 0 aliphatic carbocycles. The molecule has 0 radical (unpaired) electrons. The van der Waals surface area contributed by atoms with Crippen LogP contribution in [0.4, 0.5) is 10.2 Å². The number of hydrogen-bond donors (Lipinski definition) is 3. The lowest BCUT2D eigenvalue weighted by Gasteiger charge is -2.17. The first-order valence-corrected chi connectivity index (χ1v) is 10.1. The molecule has 1 aliphatic heterocycles. The van der Waals surface area contributed by atoms with E-state index in [4.69, 9.17) is 16.6 Å². The number of carbonyl (C=O) groups excluding carboxylic acids is 1. The van der Waals surface area contributed by atoms with Gasteiger partial charge in [-0.05, 0) is 59.5 Å². The Morgan fingerprint density at radius 3 is 2.72 bits per heavy atom. The molecule has 7 nitrogen and oxygen atoms in total. The van der Waals surface area contributed by atoms with E-state index in [-0.39, 0.29) is 11.7 Å². The molecule has 0 unspecified atom stereocenters. The number of rotatable bonds is 5. The average molecular weight is 430 g/mol. The monoisotopic (exact) mass is 430 g/mol. The van der Waals surface area contributed by atoms with E-state index >= 15 is 0 Å². The van der Waals surface area contributed by atoms with Crippen molar-refractivity contribution in [2.75, 3.05) is 11.9 Å². The van der Waals surface area contributed by atoms with Crippen molar-refractivity contribution in [3.05, 3.63) is 82.3 Å². The zero-order valence-corrected chi connectivity index (χ0v) is 17.8. The number of hydrogen-bond acceptors (Lipinski definition) is 5. The van der Waals surface area contributed by atoms with E-state index in [9.17, 15) is 9.18 Å². The van der Waals surface area contributed by atoms with Gasteiger partial charge in [0.25, 0.3) is 5.91 Å². The van der Waals surface area contributed by atoms with Crippen LogP contribution < -0.4 is 10.6 Å². The Labute approximate surface area is 185 Å². The molecule has 0 bridgehead atoms. The second kappa shape index (κ2) is 8.32. The summed E-state index contributed by atoms with van der Waals surface area (Å²) >= 11 is 0. The van der Waals surface area contributed by atoms with Gasteiger partial charge in [0, 0.05) is 30.4 Å². The van der Waals surface area contributed by atoms with Crippen LogP contribution in [0.1, 0.15) is 32.7 Å². The van der Waals surface area contributed by atoms with Crippen LogP contribution in [0.25, 0.3) is 11.1 Å². The van der Waals surface area contributed by atoms with E-state index in [1.165, 1.54) is 17.0 Å². The molecule has 8 heteroatoms. The van der Waals surface area contributed by atoms with Crippen LogP contribution in [0, 0.1) is 23.6 Å². The summed E-state index contributed by atoms with van der Waals surface area (Å²) in [4.78, 5) is 20.7. The van der Waals surface area contributed by atoms with Crippen LogP contribution in [0.5, 0.6) is 0 Å². The van der Waals surface area contributed by atoms with Gasteiger partial charge < -0.3 is 10.6 Å². The number of anilines is 1. The average Bonchev–Trinajstić information content (AvgIpc) is 3.13. The first-order valence-electron chi connectivity index (χ1n) is 10.1. The SMILES string of the molecule is Cc1cc(CN)cc(N2Cc3ccc(-c4ccc(F)cc4C(=N)N(C)C=N)cc3C2=O)n1. The number of pyridine rings is 1. The van der Waals surface area contributed by atoms with Crippen molar-refractivity contribution in [2.45, 2.75) is 20.0 Å². The largest absolute Gasteiger partial charge is 0.326 e. The van der Waals surface area contributed by atoms with Crippen molar-refractivity contribution in [1.82, 2.24) is 9.88 Å². The van der Waals surface area contributed by atoms with E-state index in [1.54, 1.807) is 24.1 Å². The maximum Gasteiger partial charge on any atom is 0.260 e. The molecule has 2 heterocycles. The molecule has 32 heavy (non-hydrogen) atoms. The Balaban J connectivity index is 1.74. The van der Waals surface area contributed by atoms with Gasteiger partial charge in [0.05, 0.1) is 12.9 Å². The molecule has 0 atom stereocenters. The topological polar surface area (TPSA) is 110 Å². The van der Waals surface area contributed by atoms with Crippen LogP contribution in [0.15, 0.2) is 48.5 Å². The van der Waals surface area contributed by atoms with Gasteiger partial charge in [-0.1, -0.05) is 18.2 Å². The number of aromatic nitrogens is 1. The zero-order valence-electron chi connectivity index (χ0n) is 17.8. The van der Waals surface area contributed by atoms with E-state index in [2.05, 4.69) is 4.98 Å². The first kappa shape index (κ1) is 21.3. The molecule has 0 saturated carbocycles. The number of nitrogens with two attached hydrogens (primary N) is 1. The molecule has 4 N–H and O–H groups in total. The third-order valence-electron chi connectivity index (χ3n) is 5.52. The lowest BCUT2D eigenvalue weighted by Crippen LogP contribution is -2.25. The van der Waals surface area contributed by atoms with Gasteiger partial charge in [-0.15, -0.1) is 0 Å². The number of nitrogens with one attached hydrogen (secondary N) is 2. The predicted octanol–water partition coefficient (Wildman–Crippen LogP) is 3.68. The maximum atomic E-state index is 14.0. The fourth-order valence-electron chi connectivity index (χ4n) is 3.85. The zero-order chi connectivity index (χ0) is 23.0. The Hall–Kier alpha value is -3.91. The third kappa shape index (κ3) is 3.76. The quantitative estimate of drug-likeness (QED) is 0.424. The number of amidine groups is 1. The molecule has 0 spiro atoms. The molecule has 1 amide bonds. The van der Waals surface area contributed by atoms with Crippen molar-refractivity contribution in [1.29, 1.82) is 10.8 Å². The molecule has 2 aromatic carbocycles. The standard InChI is InChI=1S/C24H23FN6O/c1-14-7-15(11-26)8-22(29-14)31-12-17-4-3-16(9-20(17)24(31)32)19-6-5-18(25)10-21(19)23(28)30(2)13-27/h3-10,13,27-28H,11-12,26H2,1-2H3. The first-order chi connectivity index (χ1) is 15.3. The molecule has 0 fully saturated rings. The van der Waals surface area contributed by atoms with Gasteiger partial charge in [0.2, 0.25) is 0 Å². The van der Waals surface area contributed by atoms with E-state index in [0.29, 0.717) is 41.2 Å². The van der Waals surface area contributed by atoms with Crippen LogP contribution >= 0.6 is 0 Å². The maximum absolute atomic E-state index is 14.0. The summed E-state index contributed by atoms with van der Waals surface area (Å²) < 4.78 is 14.0. The van der Waals surface area contributed by atoms with Crippen LogP contribution in [0.2, 0.25) is 0 Å². The highest BCUT2D eigenvalue weighted by Gasteiger charge is 2.30. The highest BCUT2D eigenvalue weighted by Crippen LogP contribution is 2.33. The number of amides is 1. The van der Waals surface area contributed by atoms with E-state index < -0.39 is 5.82 Å². The molecule has 1 aliphatic rings. The smallest absolute Gasteiger partial charge is 0.260 e. The van der Waals surface area contributed by atoms with Crippen LogP contribution in [-0.2, 0) is 13.1 Å². The van der Waals surface area contributed by atoms with Gasteiger partial charge in [-0.25, -0.2) is 9.37 Å². The van der Waals surface area contributed by atoms with Crippen molar-refractivity contribution in [3.63, 3.8) is 0 Å². The van der Waals surface area contributed by atoms with E-state index in [0.717, 1.165) is 23.2 Å². The Morgan fingerprint density at radius 2 is 2.00 bits per heavy atom. The minimum absolute atomic E-state index is 0.0128. The summed E-state index contributed by atoms with van der Waals surface area (Å²) in [5, 5.41) is 15.7. The molecule has 3 aromatic rings. The summed E-state index contributed by atoms with van der Waals surface area (Å²) in [6.07, 6.45) is 0.992. The summed E-state index contributed by atoms with van der Waals surface area (Å²) in [7, 11) is 1.55. The number of halogens is 1. The van der Waals surface area contributed by atoms with Crippen LogP contribution in [0.3, 0.4) is 0 Å². The third-order valence-corrected chi connectivity index (χ3v) is 5.52. The Morgan fingerprint density at radius 1 is 1.22 bits per heavy atom. The van der Waals surface area contributed by atoms with E-state index in [1.807, 2.05) is 31.2 Å². The summed E-state index contributed by atoms with van der Waals surface area (Å²) in [6.45, 7) is 2.63. The summed E-state index contributed by atoms with van der Waals surface area (Å²) in [5.74, 6) is -0.0962. The second-order valence-electron chi connectivity index (χ2n) is 7.72. The van der Waals surface area contributed by atoms with Gasteiger partial charge in [0.1, 0.15) is 17.5 Å². The molecular formula is C24H23FN6O.